The van der Waals surface area contributed by atoms with Gasteiger partial charge < -0.3 is 15.4 Å². The van der Waals surface area contributed by atoms with Crippen LogP contribution in [0.15, 0.2) is 42.5 Å². The number of benzene rings is 2. The summed E-state index contributed by atoms with van der Waals surface area (Å²) >= 11 is 0. The molecule has 0 unspecified atom stereocenters. The van der Waals surface area contributed by atoms with Gasteiger partial charge in [0.15, 0.2) is 0 Å². The smallest absolute Gasteiger partial charge is 0.338 e. The monoisotopic (exact) mass is 426 g/mol. The standard InChI is InChI=1S/C26H35FN2O2/c1-26(2,3)31-25(30)20-9-14-24(21(15-20)17-28-4)19-7-12-23(13-8-19)29-16-18-5-10-22(27)11-6-18/h5-6,9-11,14-15,19,23,28-29H,7-8,12-13,16-17H2,1-4H3. The van der Waals surface area contributed by atoms with Crippen LogP contribution in [0.2, 0.25) is 0 Å². The first-order valence-corrected chi connectivity index (χ1v) is 11.2. The van der Waals surface area contributed by atoms with Crippen molar-refractivity contribution in [2.24, 2.45) is 0 Å². The molecule has 0 aliphatic heterocycles. The van der Waals surface area contributed by atoms with Crippen molar-refractivity contribution in [2.45, 2.75) is 77.1 Å². The summed E-state index contributed by atoms with van der Waals surface area (Å²) in [6.07, 6.45) is 4.45. The van der Waals surface area contributed by atoms with Gasteiger partial charge in [0.05, 0.1) is 5.56 Å². The van der Waals surface area contributed by atoms with Crippen LogP contribution in [0.5, 0.6) is 0 Å². The van der Waals surface area contributed by atoms with E-state index in [1.165, 1.54) is 23.3 Å². The lowest BCUT2D eigenvalue weighted by Crippen LogP contribution is -2.32. The Labute approximate surface area is 185 Å². The summed E-state index contributed by atoms with van der Waals surface area (Å²) < 4.78 is 18.6. The fourth-order valence-electron chi connectivity index (χ4n) is 4.28. The van der Waals surface area contributed by atoms with Crippen LogP contribution in [0.3, 0.4) is 0 Å². The zero-order valence-corrected chi connectivity index (χ0v) is 19.1. The molecule has 2 aromatic rings. The van der Waals surface area contributed by atoms with Crippen LogP contribution in [0, 0.1) is 5.82 Å². The van der Waals surface area contributed by atoms with E-state index in [2.05, 4.69) is 16.7 Å². The molecule has 0 radical (unpaired) electrons. The summed E-state index contributed by atoms with van der Waals surface area (Å²) in [6, 6.07) is 13.2. The van der Waals surface area contributed by atoms with E-state index < -0.39 is 5.60 Å². The van der Waals surface area contributed by atoms with Crippen molar-refractivity contribution in [3.8, 4) is 0 Å². The number of rotatable bonds is 7. The van der Waals surface area contributed by atoms with Crippen LogP contribution >= 0.6 is 0 Å². The summed E-state index contributed by atoms with van der Waals surface area (Å²) in [5.41, 5.74) is 3.72. The first-order valence-electron chi connectivity index (χ1n) is 11.2. The Kier molecular flexibility index (Phi) is 7.84. The average molecular weight is 427 g/mol. The van der Waals surface area contributed by atoms with Gasteiger partial charge in [-0.25, -0.2) is 9.18 Å². The van der Waals surface area contributed by atoms with Gasteiger partial charge in [0.2, 0.25) is 0 Å². The lowest BCUT2D eigenvalue weighted by molar-refractivity contribution is 0.00693. The van der Waals surface area contributed by atoms with Gasteiger partial charge >= 0.3 is 5.97 Å². The third-order valence-corrected chi connectivity index (χ3v) is 5.82. The Bertz CT molecular complexity index is 866. The Morgan fingerprint density at radius 3 is 2.32 bits per heavy atom. The van der Waals surface area contributed by atoms with Crippen LogP contribution in [0.4, 0.5) is 4.39 Å². The number of hydrogen-bond acceptors (Lipinski definition) is 4. The molecule has 0 aromatic heterocycles. The minimum atomic E-state index is -0.502. The molecule has 0 amide bonds. The second-order valence-electron chi connectivity index (χ2n) is 9.50. The lowest BCUT2D eigenvalue weighted by Gasteiger charge is -2.31. The van der Waals surface area contributed by atoms with Crippen LogP contribution in [-0.2, 0) is 17.8 Å². The van der Waals surface area contributed by atoms with E-state index in [0.29, 0.717) is 17.5 Å². The van der Waals surface area contributed by atoms with Crippen molar-refractivity contribution in [2.75, 3.05) is 7.05 Å². The highest BCUT2D eigenvalue weighted by Gasteiger charge is 2.25. The van der Waals surface area contributed by atoms with E-state index in [9.17, 15) is 9.18 Å². The van der Waals surface area contributed by atoms with Gasteiger partial charge in [0.25, 0.3) is 0 Å². The summed E-state index contributed by atoms with van der Waals surface area (Å²) in [4.78, 5) is 12.5. The van der Waals surface area contributed by atoms with E-state index in [0.717, 1.165) is 44.3 Å². The maximum absolute atomic E-state index is 13.1. The second-order valence-corrected chi connectivity index (χ2v) is 9.50. The highest BCUT2D eigenvalue weighted by molar-refractivity contribution is 5.90. The van der Waals surface area contributed by atoms with Gasteiger partial charge in [-0.15, -0.1) is 0 Å². The van der Waals surface area contributed by atoms with Crippen molar-refractivity contribution in [3.63, 3.8) is 0 Å². The van der Waals surface area contributed by atoms with Crippen molar-refractivity contribution >= 4 is 5.97 Å². The maximum Gasteiger partial charge on any atom is 0.338 e. The normalized spacial score (nSPS) is 19.3. The molecule has 0 bridgehead atoms. The first kappa shape index (κ1) is 23.4. The van der Waals surface area contributed by atoms with Crippen LogP contribution in [0.25, 0.3) is 0 Å². The van der Waals surface area contributed by atoms with Gasteiger partial charge in [-0.05, 0) is 100 Å². The largest absolute Gasteiger partial charge is 0.456 e. The van der Waals surface area contributed by atoms with Crippen molar-refractivity contribution < 1.29 is 13.9 Å². The predicted molar refractivity (Wildman–Crippen MR) is 123 cm³/mol. The Morgan fingerprint density at radius 1 is 1.03 bits per heavy atom. The molecular weight excluding hydrogens is 391 g/mol. The molecule has 1 saturated carbocycles. The SMILES string of the molecule is CNCc1cc(C(=O)OC(C)(C)C)ccc1C1CCC(NCc2ccc(F)cc2)CC1. The molecule has 1 fully saturated rings. The van der Waals surface area contributed by atoms with Gasteiger partial charge in [-0.3, -0.25) is 0 Å². The molecule has 2 aromatic carbocycles. The molecule has 1 aliphatic carbocycles. The quantitative estimate of drug-likeness (QED) is 0.589. The molecule has 3 rings (SSSR count). The second kappa shape index (κ2) is 10.4. The first-order chi connectivity index (χ1) is 14.7. The topological polar surface area (TPSA) is 50.4 Å². The molecule has 168 valence electrons. The van der Waals surface area contributed by atoms with E-state index in [1.807, 2.05) is 52.1 Å². The molecule has 5 heteroatoms. The predicted octanol–water partition coefficient (Wildman–Crippen LogP) is 5.32. The zero-order valence-electron chi connectivity index (χ0n) is 19.1. The molecule has 0 atom stereocenters. The number of ether oxygens (including phenoxy) is 1. The number of nitrogens with one attached hydrogen (secondary N) is 2. The number of carbonyl (C=O) groups is 1. The highest BCUT2D eigenvalue weighted by atomic mass is 19.1. The number of halogens is 1. The molecule has 0 heterocycles. The van der Waals surface area contributed by atoms with Gasteiger partial charge in [0, 0.05) is 19.1 Å². The molecule has 2 N–H and O–H groups in total. The minimum absolute atomic E-state index is 0.195. The summed E-state index contributed by atoms with van der Waals surface area (Å²) in [5.74, 6) is 0.0318. The van der Waals surface area contributed by atoms with Crippen molar-refractivity contribution in [1.82, 2.24) is 10.6 Å². The summed E-state index contributed by atoms with van der Waals surface area (Å²) in [5, 5.41) is 6.86. The van der Waals surface area contributed by atoms with Crippen molar-refractivity contribution in [1.29, 1.82) is 0 Å². The zero-order chi connectivity index (χ0) is 22.4. The molecule has 1 aliphatic rings. The Morgan fingerprint density at radius 2 is 1.71 bits per heavy atom. The van der Waals surface area contributed by atoms with Gasteiger partial charge in [-0.2, -0.15) is 0 Å². The lowest BCUT2D eigenvalue weighted by atomic mass is 9.79. The van der Waals surface area contributed by atoms with E-state index >= 15 is 0 Å². The molecule has 31 heavy (non-hydrogen) atoms. The average Bonchev–Trinajstić information content (AvgIpc) is 2.73. The molecule has 0 saturated heterocycles. The summed E-state index contributed by atoms with van der Waals surface area (Å²) in [7, 11) is 1.93. The number of carbonyl (C=O) groups excluding carboxylic acids is 1. The minimum Gasteiger partial charge on any atom is -0.456 e. The fourth-order valence-corrected chi connectivity index (χ4v) is 4.28. The van der Waals surface area contributed by atoms with Crippen LogP contribution in [-0.4, -0.2) is 24.7 Å². The van der Waals surface area contributed by atoms with E-state index in [-0.39, 0.29) is 11.8 Å². The number of esters is 1. The van der Waals surface area contributed by atoms with E-state index in [4.69, 9.17) is 4.74 Å². The third kappa shape index (κ3) is 6.88. The van der Waals surface area contributed by atoms with Gasteiger partial charge in [-0.1, -0.05) is 18.2 Å². The molecule has 4 nitrogen and oxygen atoms in total. The van der Waals surface area contributed by atoms with Crippen LogP contribution < -0.4 is 10.6 Å². The molecule has 0 spiro atoms. The molecular formula is C26H35FN2O2. The number of hydrogen-bond donors (Lipinski definition) is 2. The Balaban J connectivity index is 1.60. The van der Waals surface area contributed by atoms with E-state index in [1.54, 1.807) is 0 Å². The Hall–Kier alpha value is -2.24. The van der Waals surface area contributed by atoms with Crippen molar-refractivity contribution in [3.05, 3.63) is 70.5 Å². The third-order valence-electron chi connectivity index (χ3n) is 5.82. The summed E-state index contributed by atoms with van der Waals surface area (Å²) in [6.45, 7) is 7.16. The fraction of sp³-hybridized carbons (Fsp3) is 0.500. The highest BCUT2D eigenvalue weighted by Crippen LogP contribution is 2.35. The maximum atomic E-state index is 13.1. The van der Waals surface area contributed by atoms with Gasteiger partial charge in [0.1, 0.15) is 11.4 Å². The van der Waals surface area contributed by atoms with Crippen LogP contribution in [0.1, 0.15) is 79.4 Å².